The van der Waals surface area contributed by atoms with Gasteiger partial charge in [-0.05, 0) is 36.9 Å². The number of aryl methyl sites for hydroxylation is 1. The van der Waals surface area contributed by atoms with Gasteiger partial charge in [-0.3, -0.25) is 4.79 Å². The first kappa shape index (κ1) is 20.7. The van der Waals surface area contributed by atoms with Crippen molar-refractivity contribution in [2.24, 2.45) is 0 Å². The molecule has 3 heterocycles. The van der Waals surface area contributed by atoms with Crippen molar-refractivity contribution in [2.75, 3.05) is 69.2 Å². The number of amides is 1. The molecule has 2 aliphatic rings. The normalized spacial score (nSPS) is 17.8. The van der Waals surface area contributed by atoms with Crippen LogP contribution < -0.4 is 9.80 Å². The van der Waals surface area contributed by atoms with Crippen molar-refractivity contribution < 1.29 is 4.79 Å². The van der Waals surface area contributed by atoms with E-state index in [1.807, 2.05) is 42.2 Å². The number of hydrogen-bond donors (Lipinski definition) is 0. The van der Waals surface area contributed by atoms with Crippen LogP contribution in [0.2, 0.25) is 0 Å². The molecular formula is C25H30N6O. The highest BCUT2D eigenvalue weighted by Gasteiger charge is 2.25. The third kappa shape index (κ3) is 4.25. The summed E-state index contributed by atoms with van der Waals surface area (Å²) in [4.78, 5) is 31.5. The van der Waals surface area contributed by atoms with E-state index in [4.69, 9.17) is 9.97 Å². The zero-order valence-corrected chi connectivity index (χ0v) is 18.9. The summed E-state index contributed by atoms with van der Waals surface area (Å²) in [6.45, 7) is 8.93. The molecule has 2 fully saturated rings. The molecule has 2 saturated heterocycles. The number of nitrogens with zero attached hydrogens (tertiary/aromatic N) is 6. The summed E-state index contributed by atoms with van der Waals surface area (Å²) in [7, 11) is 2.16. The maximum absolute atomic E-state index is 13.1. The van der Waals surface area contributed by atoms with Gasteiger partial charge in [0.2, 0.25) is 5.95 Å². The lowest BCUT2D eigenvalue weighted by Gasteiger charge is -2.36. The molecule has 1 aromatic heterocycles. The number of piperazine rings is 2. The summed E-state index contributed by atoms with van der Waals surface area (Å²) in [6.07, 6.45) is 0. The largest absolute Gasteiger partial charge is 0.354 e. The van der Waals surface area contributed by atoms with Crippen LogP contribution in [0.15, 0.2) is 48.5 Å². The van der Waals surface area contributed by atoms with E-state index in [0.717, 1.165) is 73.1 Å². The molecule has 5 rings (SSSR count). The maximum atomic E-state index is 13.1. The van der Waals surface area contributed by atoms with Crippen LogP contribution in [0.3, 0.4) is 0 Å². The summed E-state index contributed by atoms with van der Waals surface area (Å²) in [6, 6.07) is 16.2. The van der Waals surface area contributed by atoms with Crippen molar-refractivity contribution in [2.45, 2.75) is 6.92 Å². The van der Waals surface area contributed by atoms with E-state index in [1.165, 1.54) is 0 Å². The van der Waals surface area contributed by atoms with Crippen molar-refractivity contribution in [3.63, 3.8) is 0 Å². The zero-order chi connectivity index (χ0) is 22.1. The molecule has 7 heteroatoms. The Bertz CT molecular complexity index is 1120. The highest BCUT2D eigenvalue weighted by Crippen LogP contribution is 2.21. The molecule has 1 amide bonds. The fraction of sp³-hybridized carbons (Fsp3) is 0.400. The van der Waals surface area contributed by atoms with Crippen molar-refractivity contribution in [3.05, 3.63) is 59.8 Å². The van der Waals surface area contributed by atoms with Crippen molar-refractivity contribution >= 4 is 28.4 Å². The fourth-order valence-electron chi connectivity index (χ4n) is 4.49. The molecule has 7 nitrogen and oxygen atoms in total. The van der Waals surface area contributed by atoms with Crippen LogP contribution in [-0.4, -0.2) is 85.1 Å². The van der Waals surface area contributed by atoms with Crippen LogP contribution in [0.5, 0.6) is 0 Å². The SMILES string of the molecule is Cc1cc(N2CCN(C)CC2)nc(N2CCN(C(=O)c3ccc4ccccc4c3)CC2)n1. The summed E-state index contributed by atoms with van der Waals surface area (Å²) < 4.78 is 0. The van der Waals surface area contributed by atoms with E-state index in [1.54, 1.807) is 0 Å². The molecule has 3 aromatic rings. The summed E-state index contributed by atoms with van der Waals surface area (Å²) in [5.74, 6) is 1.88. The molecule has 0 aliphatic carbocycles. The van der Waals surface area contributed by atoms with E-state index in [9.17, 15) is 4.79 Å². The van der Waals surface area contributed by atoms with Gasteiger partial charge in [-0.1, -0.05) is 30.3 Å². The number of hydrogen-bond acceptors (Lipinski definition) is 6. The monoisotopic (exact) mass is 430 g/mol. The highest BCUT2D eigenvalue weighted by atomic mass is 16.2. The standard InChI is InChI=1S/C25H30N6O/c1-19-17-23(29-11-9-28(2)10-12-29)27-25(26-19)31-15-13-30(14-16-31)24(32)22-8-7-20-5-3-4-6-21(20)18-22/h3-8,17-18H,9-16H2,1-2H3. The number of likely N-dealkylation sites (N-methyl/N-ethyl adjacent to an activating group) is 1. The number of rotatable bonds is 3. The molecule has 2 aliphatic heterocycles. The van der Waals surface area contributed by atoms with Crippen LogP contribution in [-0.2, 0) is 0 Å². The highest BCUT2D eigenvalue weighted by molar-refractivity contribution is 5.98. The van der Waals surface area contributed by atoms with Gasteiger partial charge in [-0.15, -0.1) is 0 Å². The fourth-order valence-corrected chi connectivity index (χ4v) is 4.49. The molecule has 0 N–H and O–H groups in total. The minimum atomic E-state index is 0.0960. The quantitative estimate of drug-likeness (QED) is 0.637. The van der Waals surface area contributed by atoms with Gasteiger partial charge in [0.1, 0.15) is 5.82 Å². The van der Waals surface area contributed by atoms with E-state index >= 15 is 0 Å². The lowest BCUT2D eigenvalue weighted by atomic mass is 10.1. The minimum Gasteiger partial charge on any atom is -0.354 e. The van der Waals surface area contributed by atoms with E-state index in [0.29, 0.717) is 13.1 Å². The summed E-state index contributed by atoms with van der Waals surface area (Å²) in [5, 5.41) is 2.25. The van der Waals surface area contributed by atoms with Crippen LogP contribution in [0.25, 0.3) is 10.8 Å². The molecular weight excluding hydrogens is 400 g/mol. The van der Waals surface area contributed by atoms with Crippen molar-refractivity contribution in [3.8, 4) is 0 Å². The van der Waals surface area contributed by atoms with Crippen molar-refractivity contribution in [1.29, 1.82) is 0 Å². The molecule has 0 radical (unpaired) electrons. The van der Waals surface area contributed by atoms with Crippen molar-refractivity contribution in [1.82, 2.24) is 19.8 Å². The summed E-state index contributed by atoms with van der Waals surface area (Å²) in [5.41, 5.74) is 1.74. The Kier molecular flexibility index (Phi) is 5.66. The smallest absolute Gasteiger partial charge is 0.253 e. The molecule has 0 saturated carbocycles. The van der Waals surface area contributed by atoms with E-state index in [2.05, 4.69) is 39.9 Å². The Balaban J connectivity index is 1.26. The van der Waals surface area contributed by atoms with Gasteiger partial charge in [-0.2, -0.15) is 4.98 Å². The number of anilines is 2. The number of aromatic nitrogens is 2. The second-order valence-electron chi connectivity index (χ2n) is 8.80. The van der Waals surface area contributed by atoms with Gasteiger partial charge >= 0.3 is 0 Å². The van der Waals surface area contributed by atoms with Crippen LogP contribution in [0, 0.1) is 6.92 Å². The van der Waals surface area contributed by atoms with Crippen LogP contribution in [0.1, 0.15) is 16.1 Å². The van der Waals surface area contributed by atoms with Gasteiger partial charge in [0.25, 0.3) is 5.91 Å². The van der Waals surface area contributed by atoms with Gasteiger partial charge < -0.3 is 19.6 Å². The number of carbonyl (C=O) groups is 1. The first-order valence-corrected chi connectivity index (χ1v) is 11.4. The Morgan fingerprint density at radius 2 is 1.47 bits per heavy atom. The molecule has 32 heavy (non-hydrogen) atoms. The van der Waals surface area contributed by atoms with Gasteiger partial charge in [-0.25, -0.2) is 4.98 Å². The average Bonchev–Trinajstić information content (AvgIpc) is 2.83. The predicted octanol–water partition coefficient (Wildman–Crippen LogP) is 2.65. The molecule has 0 atom stereocenters. The van der Waals surface area contributed by atoms with Crippen LogP contribution in [0.4, 0.5) is 11.8 Å². The number of fused-ring (bicyclic) bond motifs is 1. The molecule has 0 unspecified atom stereocenters. The Morgan fingerprint density at radius 1 is 0.781 bits per heavy atom. The Morgan fingerprint density at radius 3 is 2.22 bits per heavy atom. The first-order chi connectivity index (χ1) is 15.6. The van der Waals surface area contributed by atoms with E-state index < -0.39 is 0 Å². The first-order valence-electron chi connectivity index (χ1n) is 11.4. The van der Waals surface area contributed by atoms with Gasteiger partial charge in [0, 0.05) is 69.7 Å². The van der Waals surface area contributed by atoms with Crippen LogP contribution >= 0.6 is 0 Å². The number of carbonyl (C=O) groups excluding carboxylic acids is 1. The molecule has 0 bridgehead atoms. The third-order valence-electron chi connectivity index (χ3n) is 6.50. The topological polar surface area (TPSA) is 55.8 Å². The lowest BCUT2D eigenvalue weighted by molar-refractivity contribution is 0.0746. The van der Waals surface area contributed by atoms with Gasteiger partial charge in [0.05, 0.1) is 0 Å². The maximum Gasteiger partial charge on any atom is 0.253 e. The Labute approximate surface area is 189 Å². The van der Waals surface area contributed by atoms with Gasteiger partial charge in [0.15, 0.2) is 0 Å². The third-order valence-corrected chi connectivity index (χ3v) is 6.50. The second-order valence-corrected chi connectivity index (χ2v) is 8.80. The average molecular weight is 431 g/mol. The molecule has 166 valence electrons. The number of benzene rings is 2. The zero-order valence-electron chi connectivity index (χ0n) is 18.9. The minimum absolute atomic E-state index is 0.0960. The molecule has 2 aromatic carbocycles. The Hall–Kier alpha value is -3.19. The molecule has 0 spiro atoms. The lowest BCUT2D eigenvalue weighted by Crippen LogP contribution is -2.49. The predicted molar refractivity (Wildman–Crippen MR) is 129 cm³/mol. The summed E-state index contributed by atoms with van der Waals surface area (Å²) >= 11 is 0. The second kappa shape index (κ2) is 8.74. The van der Waals surface area contributed by atoms with E-state index in [-0.39, 0.29) is 5.91 Å².